The number of nitrogens with one attached hydrogen (secondary N) is 1. The van der Waals surface area contributed by atoms with Crippen molar-refractivity contribution in [1.29, 1.82) is 0 Å². The molecule has 4 heteroatoms. The van der Waals surface area contributed by atoms with E-state index in [-0.39, 0.29) is 5.91 Å². The quantitative estimate of drug-likeness (QED) is 0.846. The van der Waals surface area contributed by atoms with Crippen LogP contribution in [0.5, 0.6) is 0 Å². The number of benzene rings is 1. The van der Waals surface area contributed by atoms with Crippen LogP contribution in [-0.2, 0) is 0 Å². The maximum Gasteiger partial charge on any atom is 0.269 e. The van der Waals surface area contributed by atoms with Gasteiger partial charge in [-0.3, -0.25) is 9.80 Å². The van der Waals surface area contributed by atoms with Crippen molar-refractivity contribution in [2.75, 3.05) is 13.1 Å². The maximum atomic E-state index is 12.0. The van der Waals surface area contributed by atoms with Gasteiger partial charge in [0.25, 0.3) is 5.91 Å². The van der Waals surface area contributed by atoms with Crippen LogP contribution in [-0.4, -0.2) is 24.0 Å². The molecule has 0 radical (unpaired) electrons. The highest BCUT2D eigenvalue weighted by molar-refractivity contribution is 9.10. The Morgan fingerprint density at radius 2 is 2.33 bits per heavy atom. The van der Waals surface area contributed by atoms with E-state index < -0.39 is 0 Å². The number of rotatable bonds is 1. The molecule has 3 nitrogen and oxygen atoms in total. The molecule has 0 aromatic heterocycles. The maximum absolute atomic E-state index is 12.0. The third kappa shape index (κ3) is 2.21. The Morgan fingerprint density at radius 1 is 1.53 bits per heavy atom. The number of nitrogens with zero attached hydrogens (tertiary/aromatic N) is 1. The van der Waals surface area contributed by atoms with Gasteiger partial charge in [0.1, 0.15) is 0 Å². The number of carbonyl (C=O) groups is 1. The van der Waals surface area contributed by atoms with Crippen molar-refractivity contribution in [2.24, 2.45) is 0 Å². The Kier molecular flexibility index (Phi) is 3.07. The fraction of sp³-hybridized carbons (Fsp3) is 0.364. The molecule has 1 fully saturated rings. The van der Waals surface area contributed by atoms with Crippen molar-refractivity contribution >= 4 is 21.8 Å². The molecule has 1 aliphatic rings. The number of halogens is 1. The van der Waals surface area contributed by atoms with Crippen LogP contribution < -0.4 is 5.43 Å². The lowest BCUT2D eigenvalue weighted by atomic mass is 10.1. The lowest BCUT2D eigenvalue weighted by Crippen LogP contribution is -2.37. The summed E-state index contributed by atoms with van der Waals surface area (Å²) in [5.41, 5.74) is 4.92. The molecule has 1 heterocycles. The van der Waals surface area contributed by atoms with Crippen molar-refractivity contribution in [2.45, 2.75) is 13.3 Å². The Morgan fingerprint density at radius 3 is 2.93 bits per heavy atom. The van der Waals surface area contributed by atoms with E-state index in [1.807, 2.05) is 25.1 Å². The molecule has 0 bridgehead atoms. The molecule has 0 saturated carbocycles. The molecule has 0 atom stereocenters. The first-order chi connectivity index (χ1) is 7.18. The fourth-order valence-electron chi connectivity index (χ4n) is 1.64. The van der Waals surface area contributed by atoms with E-state index in [9.17, 15) is 4.79 Å². The molecule has 1 N–H and O–H groups in total. The van der Waals surface area contributed by atoms with E-state index in [2.05, 4.69) is 21.4 Å². The summed E-state index contributed by atoms with van der Waals surface area (Å²) in [7, 11) is 0. The Balaban J connectivity index is 2.24. The summed E-state index contributed by atoms with van der Waals surface area (Å²) >= 11 is 3.42. The largest absolute Gasteiger partial charge is 0.274 e. The third-order valence-electron chi connectivity index (χ3n) is 2.46. The topological polar surface area (TPSA) is 32.3 Å². The van der Waals surface area contributed by atoms with E-state index in [4.69, 9.17) is 0 Å². The Bertz CT molecular complexity index is 386. The number of hydrazine groups is 1. The van der Waals surface area contributed by atoms with Gasteiger partial charge in [0.15, 0.2) is 0 Å². The zero-order valence-corrected chi connectivity index (χ0v) is 10.2. The zero-order valence-electron chi connectivity index (χ0n) is 8.59. The van der Waals surface area contributed by atoms with E-state index in [0.29, 0.717) is 0 Å². The average Bonchev–Trinajstić information content (AvgIpc) is 2.69. The molecule has 0 unspecified atom stereocenters. The molecular formula is C11H13BrN2O. The second-order valence-electron chi connectivity index (χ2n) is 3.70. The highest BCUT2D eigenvalue weighted by atomic mass is 79.9. The van der Waals surface area contributed by atoms with Crippen LogP contribution in [0.4, 0.5) is 0 Å². The molecule has 1 aromatic carbocycles. The summed E-state index contributed by atoms with van der Waals surface area (Å²) < 4.78 is 0.862. The molecule has 1 saturated heterocycles. The lowest BCUT2D eigenvalue weighted by Gasteiger charge is -2.16. The molecular weight excluding hydrogens is 256 g/mol. The van der Waals surface area contributed by atoms with Crippen LogP contribution in [0.15, 0.2) is 22.7 Å². The van der Waals surface area contributed by atoms with Crippen LogP contribution in [0.2, 0.25) is 0 Å². The molecule has 0 spiro atoms. The normalized spacial score (nSPS) is 15.7. The van der Waals surface area contributed by atoms with E-state index in [1.54, 1.807) is 5.01 Å². The van der Waals surface area contributed by atoms with Gasteiger partial charge in [0, 0.05) is 17.6 Å². The van der Waals surface area contributed by atoms with Gasteiger partial charge in [-0.25, -0.2) is 5.43 Å². The molecule has 15 heavy (non-hydrogen) atoms. The molecule has 0 aliphatic carbocycles. The summed E-state index contributed by atoms with van der Waals surface area (Å²) in [6.45, 7) is 3.68. The molecule has 2 rings (SSSR count). The highest BCUT2D eigenvalue weighted by Gasteiger charge is 2.20. The summed E-state index contributed by atoms with van der Waals surface area (Å²) in [6, 6.07) is 5.78. The predicted molar refractivity (Wildman–Crippen MR) is 62.5 cm³/mol. The lowest BCUT2D eigenvalue weighted by molar-refractivity contribution is 0.0725. The minimum Gasteiger partial charge on any atom is -0.274 e. The van der Waals surface area contributed by atoms with Gasteiger partial charge in [-0.1, -0.05) is 6.07 Å². The standard InChI is InChI=1S/C11H13BrN2O/c1-8-3-4-9(10(12)7-8)11(15)14-6-2-5-13-14/h3-4,7,13H,2,5-6H2,1H3. The molecule has 80 valence electrons. The Labute approximate surface area is 97.6 Å². The first-order valence-corrected chi connectivity index (χ1v) is 5.79. The zero-order chi connectivity index (χ0) is 10.8. The van der Waals surface area contributed by atoms with Crippen molar-refractivity contribution in [3.8, 4) is 0 Å². The van der Waals surface area contributed by atoms with Crippen molar-refractivity contribution in [1.82, 2.24) is 10.4 Å². The van der Waals surface area contributed by atoms with Gasteiger partial charge in [-0.05, 0) is 47.0 Å². The number of carbonyl (C=O) groups excluding carboxylic acids is 1. The van der Waals surface area contributed by atoms with Crippen molar-refractivity contribution in [3.63, 3.8) is 0 Å². The summed E-state index contributed by atoms with van der Waals surface area (Å²) in [5, 5.41) is 1.68. The van der Waals surface area contributed by atoms with Crippen LogP contribution >= 0.6 is 15.9 Å². The first kappa shape index (κ1) is 10.6. The Hall–Kier alpha value is -0.870. The summed E-state index contributed by atoms with van der Waals surface area (Å²) in [5.74, 6) is 0.0411. The highest BCUT2D eigenvalue weighted by Crippen LogP contribution is 2.20. The van der Waals surface area contributed by atoms with E-state index in [0.717, 1.165) is 35.1 Å². The second kappa shape index (κ2) is 4.33. The molecule has 1 aromatic rings. The smallest absolute Gasteiger partial charge is 0.269 e. The number of aryl methyl sites for hydroxylation is 1. The summed E-state index contributed by atoms with van der Waals surface area (Å²) in [6.07, 6.45) is 1.02. The van der Waals surface area contributed by atoms with Gasteiger partial charge in [-0.15, -0.1) is 0 Å². The second-order valence-corrected chi connectivity index (χ2v) is 4.56. The minimum absolute atomic E-state index is 0.0411. The third-order valence-corrected chi connectivity index (χ3v) is 3.12. The fourth-order valence-corrected chi connectivity index (χ4v) is 2.31. The average molecular weight is 269 g/mol. The number of hydrogen-bond acceptors (Lipinski definition) is 2. The first-order valence-electron chi connectivity index (χ1n) is 5.00. The van der Waals surface area contributed by atoms with Gasteiger partial charge >= 0.3 is 0 Å². The molecule has 1 amide bonds. The minimum atomic E-state index is 0.0411. The van der Waals surface area contributed by atoms with Crippen molar-refractivity contribution in [3.05, 3.63) is 33.8 Å². The van der Waals surface area contributed by atoms with Gasteiger partial charge < -0.3 is 0 Å². The SMILES string of the molecule is Cc1ccc(C(=O)N2CCCN2)c(Br)c1. The number of hydrogen-bond donors (Lipinski definition) is 1. The van der Waals surface area contributed by atoms with Crippen LogP contribution in [0.25, 0.3) is 0 Å². The number of amides is 1. The molecule has 1 aliphatic heterocycles. The van der Waals surface area contributed by atoms with E-state index >= 15 is 0 Å². The van der Waals surface area contributed by atoms with Gasteiger partial charge in [0.05, 0.1) is 5.56 Å². The van der Waals surface area contributed by atoms with Crippen LogP contribution in [0.1, 0.15) is 22.3 Å². The van der Waals surface area contributed by atoms with Crippen LogP contribution in [0.3, 0.4) is 0 Å². The predicted octanol–water partition coefficient (Wildman–Crippen LogP) is 2.11. The van der Waals surface area contributed by atoms with E-state index in [1.165, 1.54) is 0 Å². The van der Waals surface area contributed by atoms with Crippen molar-refractivity contribution < 1.29 is 4.79 Å². The van der Waals surface area contributed by atoms with Crippen LogP contribution in [0, 0.1) is 6.92 Å². The van der Waals surface area contributed by atoms with Gasteiger partial charge in [0.2, 0.25) is 0 Å². The summed E-state index contributed by atoms with van der Waals surface area (Å²) in [4.78, 5) is 12.0. The monoisotopic (exact) mass is 268 g/mol. The van der Waals surface area contributed by atoms with Gasteiger partial charge in [-0.2, -0.15) is 0 Å².